The van der Waals surface area contributed by atoms with Crippen molar-refractivity contribution in [3.05, 3.63) is 82.4 Å². The van der Waals surface area contributed by atoms with Crippen LogP contribution in [0, 0.1) is 3.57 Å². The van der Waals surface area contributed by atoms with Crippen molar-refractivity contribution in [1.82, 2.24) is 0 Å². The van der Waals surface area contributed by atoms with Crippen molar-refractivity contribution in [3.63, 3.8) is 0 Å². The molecule has 98 valence electrons. The fourth-order valence-corrected chi connectivity index (χ4v) is 2.75. The van der Waals surface area contributed by atoms with Crippen LogP contribution < -0.4 is 4.74 Å². The quantitative estimate of drug-likeness (QED) is 0.532. The van der Waals surface area contributed by atoms with Gasteiger partial charge < -0.3 is 4.74 Å². The van der Waals surface area contributed by atoms with Gasteiger partial charge in [0, 0.05) is 3.57 Å². The summed E-state index contributed by atoms with van der Waals surface area (Å²) in [5.41, 5.74) is 2.40. The molecular formula is C18H13IO. The van der Waals surface area contributed by atoms with Gasteiger partial charge in [0.2, 0.25) is 0 Å². The van der Waals surface area contributed by atoms with Crippen LogP contribution in [0.4, 0.5) is 0 Å². The molecule has 1 nitrogen and oxygen atoms in total. The molecule has 0 saturated heterocycles. The molecule has 0 unspecified atom stereocenters. The van der Waals surface area contributed by atoms with Gasteiger partial charge in [0.05, 0.1) is 0 Å². The van der Waals surface area contributed by atoms with Gasteiger partial charge in [-0.2, -0.15) is 0 Å². The molecule has 0 aliphatic heterocycles. The van der Waals surface area contributed by atoms with E-state index in [1.54, 1.807) is 0 Å². The van der Waals surface area contributed by atoms with Crippen molar-refractivity contribution in [3.8, 4) is 22.6 Å². The number of ether oxygens (including phenoxy) is 1. The van der Waals surface area contributed by atoms with Crippen LogP contribution in [-0.4, -0.2) is 0 Å². The highest BCUT2D eigenvalue weighted by Crippen LogP contribution is 2.29. The zero-order valence-corrected chi connectivity index (χ0v) is 12.9. The lowest BCUT2D eigenvalue weighted by Crippen LogP contribution is -1.86. The van der Waals surface area contributed by atoms with Gasteiger partial charge in [-0.1, -0.05) is 48.5 Å². The zero-order chi connectivity index (χ0) is 13.8. The molecule has 3 rings (SSSR count). The van der Waals surface area contributed by atoms with Gasteiger partial charge in [-0.15, -0.1) is 0 Å². The van der Waals surface area contributed by atoms with Crippen molar-refractivity contribution in [2.75, 3.05) is 0 Å². The second-order valence-corrected chi connectivity index (χ2v) is 5.58. The highest BCUT2D eigenvalue weighted by Gasteiger charge is 2.04. The minimum atomic E-state index is 0.854. The van der Waals surface area contributed by atoms with E-state index >= 15 is 0 Å². The van der Waals surface area contributed by atoms with Crippen LogP contribution in [0.3, 0.4) is 0 Å². The second-order valence-electron chi connectivity index (χ2n) is 4.42. The van der Waals surface area contributed by atoms with Gasteiger partial charge in [0.25, 0.3) is 0 Å². The van der Waals surface area contributed by atoms with E-state index in [9.17, 15) is 0 Å². The number of hydrogen-bond acceptors (Lipinski definition) is 1. The maximum absolute atomic E-state index is 5.88. The molecule has 20 heavy (non-hydrogen) atoms. The number of halogens is 1. The van der Waals surface area contributed by atoms with Crippen LogP contribution in [0.5, 0.6) is 11.5 Å². The number of para-hydroxylation sites is 1. The minimum absolute atomic E-state index is 0.854. The van der Waals surface area contributed by atoms with Crippen LogP contribution in [-0.2, 0) is 0 Å². The molecule has 3 aromatic carbocycles. The molecule has 0 radical (unpaired) electrons. The summed E-state index contributed by atoms with van der Waals surface area (Å²) in [6.07, 6.45) is 0. The molecule has 0 aliphatic rings. The van der Waals surface area contributed by atoms with E-state index in [1.807, 2.05) is 42.5 Å². The van der Waals surface area contributed by atoms with Crippen molar-refractivity contribution >= 4 is 22.6 Å². The Bertz CT molecular complexity index is 707. The summed E-state index contributed by atoms with van der Waals surface area (Å²) in [5.74, 6) is 1.71. The van der Waals surface area contributed by atoms with E-state index < -0.39 is 0 Å². The summed E-state index contributed by atoms with van der Waals surface area (Å²) in [4.78, 5) is 0. The number of hydrogen-bond donors (Lipinski definition) is 0. The zero-order valence-electron chi connectivity index (χ0n) is 10.8. The van der Waals surface area contributed by atoms with Gasteiger partial charge in [-0.25, -0.2) is 0 Å². The van der Waals surface area contributed by atoms with Crippen LogP contribution in [0.2, 0.25) is 0 Å². The van der Waals surface area contributed by atoms with Crippen molar-refractivity contribution in [1.29, 1.82) is 0 Å². The lowest BCUT2D eigenvalue weighted by Gasteiger charge is -2.09. The molecule has 0 fully saturated rings. The van der Waals surface area contributed by atoms with E-state index in [1.165, 1.54) is 14.7 Å². The Morgan fingerprint density at radius 3 is 2.15 bits per heavy atom. The van der Waals surface area contributed by atoms with E-state index in [2.05, 4.69) is 59.0 Å². The summed E-state index contributed by atoms with van der Waals surface area (Å²) in [7, 11) is 0. The third-order valence-corrected chi connectivity index (χ3v) is 3.94. The first-order valence-corrected chi connectivity index (χ1v) is 7.49. The van der Waals surface area contributed by atoms with Crippen molar-refractivity contribution in [2.24, 2.45) is 0 Å². The lowest BCUT2D eigenvalue weighted by molar-refractivity contribution is 0.483. The summed E-state index contributed by atoms with van der Waals surface area (Å²) < 4.78 is 7.12. The van der Waals surface area contributed by atoms with E-state index in [0.717, 1.165) is 11.5 Å². The third kappa shape index (κ3) is 3.02. The molecule has 3 aromatic rings. The van der Waals surface area contributed by atoms with Crippen LogP contribution >= 0.6 is 22.6 Å². The lowest BCUT2D eigenvalue weighted by atomic mass is 10.1. The molecular weight excluding hydrogens is 359 g/mol. The number of benzene rings is 3. The average Bonchev–Trinajstić information content (AvgIpc) is 2.49. The molecule has 0 spiro atoms. The minimum Gasteiger partial charge on any atom is -0.457 e. The first-order chi connectivity index (χ1) is 9.83. The molecule has 2 heteroatoms. The van der Waals surface area contributed by atoms with Crippen LogP contribution in [0.15, 0.2) is 78.9 Å². The smallest absolute Gasteiger partial charge is 0.128 e. The Kier molecular flexibility index (Phi) is 4.02. The third-order valence-electron chi connectivity index (χ3n) is 3.00. The summed E-state index contributed by atoms with van der Waals surface area (Å²) in [6.45, 7) is 0. The summed E-state index contributed by atoms with van der Waals surface area (Å²) in [6, 6.07) is 26.4. The largest absolute Gasteiger partial charge is 0.457 e. The second kappa shape index (κ2) is 6.09. The first-order valence-electron chi connectivity index (χ1n) is 6.41. The maximum atomic E-state index is 5.88. The van der Waals surface area contributed by atoms with Crippen LogP contribution in [0.1, 0.15) is 0 Å². The van der Waals surface area contributed by atoms with Gasteiger partial charge in [0.1, 0.15) is 11.5 Å². The molecule has 0 aromatic heterocycles. The molecule has 0 aliphatic carbocycles. The summed E-state index contributed by atoms with van der Waals surface area (Å²) in [5, 5.41) is 0. The highest BCUT2D eigenvalue weighted by atomic mass is 127. The predicted molar refractivity (Wildman–Crippen MR) is 91.1 cm³/mol. The Labute approximate surface area is 132 Å². The monoisotopic (exact) mass is 372 g/mol. The first kappa shape index (κ1) is 13.2. The van der Waals surface area contributed by atoms with E-state index in [-0.39, 0.29) is 0 Å². The van der Waals surface area contributed by atoms with Gasteiger partial charge in [-0.05, 0) is 64.0 Å². The Balaban J connectivity index is 1.92. The van der Waals surface area contributed by atoms with E-state index in [0.29, 0.717) is 0 Å². The maximum Gasteiger partial charge on any atom is 0.128 e. The van der Waals surface area contributed by atoms with Crippen molar-refractivity contribution < 1.29 is 4.74 Å². The Morgan fingerprint density at radius 2 is 1.35 bits per heavy atom. The van der Waals surface area contributed by atoms with Gasteiger partial charge in [-0.3, -0.25) is 0 Å². The highest BCUT2D eigenvalue weighted by molar-refractivity contribution is 14.1. The van der Waals surface area contributed by atoms with Crippen LogP contribution in [0.25, 0.3) is 11.1 Å². The standard InChI is InChI=1S/C18H13IO/c19-18-12-5-4-11-17(18)14-7-6-10-16(13-14)20-15-8-2-1-3-9-15/h1-13H. The molecule has 0 heterocycles. The molecule has 0 amide bonds. The van der Waals surface area contributed by atoms with Gasteiger partial charge in [0.15, 0.2) is 0 Å². The fraction of sp³-hybridized carbons (Fsp3) is 0. The Morgan fingerprint density at radius 1 is 0.650 bits per heavy atom. The average molecular weight is 372 g/mol. The fourth-order valence-electron chi connectivity index (χ4n) is 2.05. The number of rotatable bonds is 3. The van der Waals surface area contributed by atoms with E-state index in [4.69, 9.17) is 4.74 Å². The predicted octanol–water partition coefficient (Wildman–Crippen LogP) is 5.75. The summed E-state index contributed by atoms with van der Waals surface area (Å²) >= 11 is 2.36. The molecule has 0 bridgehead atoms. The van der Waals surface area contributed by atoms with Gasteiger partial charge >= 0.3 is 0 Å². The Hall–Kier alpha value is -1.81. The SMILES string of the molecule is Ic1ccccc1-c1cccc(Oc2ccccc2)c1. The molecule has 0 saturated carbocycles. The topological polar surface area (TPSA) is 9.23 Å². The molecule has 0 atom stereocenters. The normalized spacial score (nSPS) is 10.2. The van der Waals surface area contributed by atoms with Crippen molar-refractivity contribution in [2.45, 2.75) is 0 Å². The molecule has 0 N–H and O–H groups in total.